The molecule has 0 aliphatic heterocycles. The van der Waals surface area contributed by atoms with Crippen LogP contribution in [0.25, 0.3) is 10.8 Å². The summed E-state index contributed by atoms with van der Waals surface area (Å²) in [4.78, 5) is -0.350. The molecule has 34 heteroatoms. The Labute approximate surface area is 448 Å². The zero-order chi connectivity index (χ0) is 41.5. The van der Waals surface area contributed by atoms with Gasteiger partial charge >= 0.3 is 118 Å². The van der Waals surface area contributed by atoms with Gasteiger partial charge in [-0.15, -0.1) is 18.9 Å². The minimum atomic E-state index is -4.81. The van der Waals surface area contributed by atoms with Crippen molar-refractivity contribution in [3.8, 4) is 5.75 Å². The average Bonchev–Trinajstić information content (AvgIpc) is 3.18. The van der Waals surface area contributed by atoms with Crippen LogP contribution in [0, 0.1) is 0 Å². The third-order valence-electron chi connectivity index (χ3n) is 6.80. The van der Waals surface area contributed by atoms with Crippen LogP contribution in [0.3, 0.4) is 0 Å². The van der Waals surface area contributed by atoms with Crippen LogP contribution in [-0.2, 0) is 66.3 Å². The zero-order valence-electron chi connectivity index (χ0n) is 31.9. The number of nitrogens with zero attached hydrogens (tertiary/aromatic N) is 4. The van der Waals surface area contributed by atoms with Crippen LogP contribution in [0.5, 0.6) is 5.75 Å². The Balaban J connectivity index is 0.00000900. The largest absolute Gasteiger partial charge is 1.00 e. The van der Waals surface area contributed by atoms with E-state index in [-0.39, 0.29) is 222 Å². The van der Waals surface area contributed by atoms with Crippen LogP contribution < -0.4 is 139 Å². The van der Waals surface area contributed by atoms with E-state index in [0.717, 1.165) is 0 Å². The molecule has 0 aliphatic rings. The SMILES string of the molecule is O=S(=O)([O-])CNc1ccc2c(O)c(N=Nc3ccc(S(=O)(=O)CCOSOO[O-])cc3)c(SOO[O-])cc2c1N=Nc1ccc(S(=O)(=O)CCOSOO[O-])cc1.[Na+].[Na+].[Na+].[Na+]. The minimum absolute atomic E-state index is 0. The summed E-state index contributed by atoms with van der Waals surface area (Å²) in [6.45, 7) is -0.698. The van der Waals surface area contributed by atoms with Crippen LogP contribution in [0.4, 0.5) is 28.4 Å². The first-order valence-electron chi connectivity index (χ1n) is 14.8. The third kappa shape index (κ3) is 20.0. The predicted molar refractivity (Wildman–Crippen MR) is 189 cm³/mol. The molecule has 0 bridgehead atoms. The van der Waals surface area contributed by atoms with Gasteiger partial charge in [-0.05, 0) is 66.7 Å². The topological polar surface area (TPSA) is 350 Å². The van der Waals surface area contributed by atoms with Gasteiger partial charge in [0.1, 0.15) is 27.4 Å². The molecule has 24 nitrogen and oxygen atoms in total. The molecule has 0 aliphatic carbocycles. The summed E-state index contributed by atoms with van der Waals surface area (Å²) < 4.78 is 106. The summed E-state index contributed by atoms with van der Waals surface area (Å²) >= 11 is 0.582. The summed E-state index contributed by atoms with van der Waals surface area (Å²) in [7, 11) is -12.5. The van der Waals surface area contributed by atoms with Gasteiger partial charge < -0.3 is 30.7 Å². The van der Waals surface area contributed by atoms with Crippen molar-refractivity contribution in [1.82, 2.24) is 0 Å². The molecule has 0 radical (unpaired) electrons. The number of phenols is 1. The zero-order valence-corrected chi connectivity index (χ0v) is 44.8. The Morgan fingerprint density at radius 1 is 0.607 bits per heavy atom. The summed E-state index contributed by atoms with van der Waals surface area (Å²) in [5, 5.41) is 70.1. The monoisotopic (exact) mass is 1000 g/mol. The fourth-order valence-electron chi connectivity index (χ4n) is 4.34. The van der Waals surface area contributed by atoms with Crippen molar-refractivity contribution >= 4 is 106 Å². The Morgan fingerprint density at radius 3 is 1.51 bits per heavy atom. The van der Waals surface area contributed by atoms with Gasteiger partial charge in [0.15, 0.2) is 50.1 Å². The normalized spacial score (nSPS) is 11.8. The van der Waals surface area contributed by atoms with E-state index in [2.05, 4.69) is 53.9 Å². The fraction of sp³-hybridized carbons (Fsp3) is 0.185. The summed E-state index contributed by atoms with van der Waals surface area (Å²) in [5.74, 6) is -2.62. The molecule has 0 atom stereocenters. The number of fused-ring (bicyclic) bond motifs is 1. The first kappa shape index (κ1) is 61.4. The number of hydrogen-bond donors (Lipinski definition) is 2. The average molecular weight is 1010 g/mol. The van der Waals surface area contributed by atoms with Crippen LogP contribution >= 0.6 is 36.7 Å². The molecule has 4 aromatic carbocycles. The molecule has 0 aromatic heterocycles. The summed E-state index contributed by atoms with van der Waals surface area (Å²) in [6, 6.07) is 13.9. The maximum atomic E-state index is 12.6. The van der Waals surface area contributed by atoms with Crippen molar-refractivity contribution in [2.75, 3.05) is 35.9 Å². The van der Waals surface area contributed by atoms with Crippen LogP contribution in [0.1, 0.15) is 0 Å². The van der Waals surface area contributed by atoms with Crippen molar-refractivity contribution in [3.63, 3.8) is 0 Å². The Hall–Kier alpha value is 0.360. The van der Waals surface area contributed by atoms with E-state index in [4.69, 9.17) is 8.37 Å². The number of sulfone groups is 2. The first-order valence-corrected chi connectivity index (χ1v) is 21.8. The van der Waals surface area contributed by atoms with Crippen LogP contribution in [-0.4, -0.2) is 65.5 Å². The molecule has 0 fully saturated rings. The molecule has 0 amide bonds. The summed E-state index contributed by atoms with van der Waals surface area (Å²) in [6.07, 6.45) is 0. The van der Waals surface area contributed by atoms with Gasteiger partial charge in [-0.25, -0.2) is 25.3 Å². The number of hydrogen-bond acceptors (Lipinski definition) is 27. The van der Waals surface area contributed by atoms with E-state index >= 15 is 0 Å². The molecule has 2 N–H and O–H groups in total. The molecule has 0 saturated carbocycles. The van der Waals surface area contributed by atoms with Gasteiger partial charge in [-0.1, -0.05) is 0 Å². The standard InChI is InChI=1S/C27H27N5O19S6.4Na/c33-27-21-9-10-23(28-16-57(41,42)43)25(31-29-17-1-5-19(6-2-17)55(37,38)13-11-44-53-50-47-35)22(21)15-24(52-49-46-34)26(27)32-30-18-3-7-20(8-4-18)56(39,40)14-12-45-54-51-48-36;;;;/h1-10,15,28,33-36H,11-14,16H2,(H,41,42,43);;;;/q;4*+1/p-4. The maximum absolute atomic E-state index is 12.6. The van der Waals surface area contributed by atoms with Gasteiger partial charge in [-0.3, -0.25) is 23.5 Å². The Morgan fingerprint density at radius 2 is 1.07 bits per heavy atom. The van der Waals surface area contributed by atoms with Gasteiger partial charge in [0.05, 0.1) is 68.5 Å². The second-order valence-electron chi connectivity index (χ2n) is 10.3. The fourth-order valence-corrected chi connectivity index (χ4v) is 7.97. The quantitative estimate of drug-likeness (QED) is 0.0125. The summed E-state index contributed by atoms with van der Waals surface area (Å²) in [5.41, 5.74) is -0.289. The molecule has 0 unspecified atom stereocenters. The number of aromatic hydroxyl groups is 1. The maximum Gasteiger partial charge on any atom is 1.00 e. The van der Waals surface area contributed by atoms with E-state index in [1.54, 1.807) is 0 Å². The van der Waals surface area contributed by atoms with E-state index in [1.165, 1.54) is 66.7 Å². The van der Waals surface area contributed by atoms with Crippen molar-refractivity contribution in [1.29, 1.82) is 0 Å². The molecule has 4 aromatic rings. The second-order valence-corrected chi connectivity index (χ2v) is 17.7. The molecule has 4 rings (SSSR count). The molecule has 0 saturated heterocycles. The molecule has 0 spiro atoms. The molecular weight excluding hydrogens is 983 g/mol. The molecule has 310 valence electrons. The number of phenolic OH excluding ortho intramolecular Hbond substituents is 1. The molecule has 0 heterocycles. The number of benzene rings is 4. The van der Waals surface area contributed by atoms with Gasteiger partial charge in [0.25, 0.3) is 0 Å². The Kier molecular flexibility index (Phi) is 30.8. The van der Waals surface area contributed by atoms with Crippen molar-refractivity contribution in [3.05, 3.63) is 66.7 Å². The Bertz CT molecular complexity index is 2380. The van der Waals surface area contributed by atoms with Gasteiger partial charge in [-0.2, -0.15) is 14.6 Å². The molecular formula is C27H23N5Na4O19S6. The second kappa shape index (κ2) is 30.6. The smallest absolute Gasteiger partial charge is 0.747 e. The van der Waals surface area contributed by atoms with E-state index < -0.39 is 52.9 Å². The number of nitrogens with one attached hydrogen (secondary N) is 1. The first-order chi connectivity index (χ1) is 27.2. The third-order valence-corrected chi connectivity index (χ3v) is 12.0. The van der Waals surface area contributed by atoms with E-state index in [1.807, 2.05) is 0 Å². The number of azo groups is 2. The van der Waals surface area contributed by atoms with Crippen LogP contribution in [0.2, 0.25) is 0 Å². The van der Waals surface area contributed by atoms with Crippen molar-refractivity contribution in [2.45, 2.75) is 14.7 Å². The predicted octanol–water partition coefficient (Wildman–Crippen LogP) is -9.31. The number of anilines is 1. The number of rotatable bonds is 24. The molecule has 61 heavy (non-hydrogen) atoms. The van der Waals surface area contributed by atoms with Crippen LogP contribution in [0.15, 0.2) is 102 Å². The minimum Gasteiger partial charge on any atom is -0.747 e. The van der Waals surface area contributed by atoms with Gasteiger partial charge in [0, 0.05) is 10.8 Å². The van der Waals surface area contributed by atoms with E-state index in [0.29, 0.717) is 0 Å². The van der Waals surface area contributed by atoms with Gasteiger partial charge in [0.2, 0.25) is 0 Å². The van der Waals surface area contributed by atoms with Crippen molar-refractivity contribution < 1.29 is 205 Å². The van der Waals surface area contributed by atoms with E-state index in [9.17, 15) is 50.7 Å². The van der Waals surface area contributed by atoms with Crippen molar-refractivity contribution in [2.24, 2.45) is 20.5 Å².